The largest absolute Gasteiger partial charge is 0.268 e. The Morgan fingerprint density at radius 2 is 1.67 bits per heavy atom. The molecule has 0 aliphatic rings. The molecule has 3 aromatic rings. The second kappa shape index (κ2) is 5.70. The number of halogens is 2. The lowest BCUT2D eigenvalue weighted by atomic mass is 10.1. The van der Waals surface area contributed by atoms with Crippen LogP contribution in [0.25, 0.3) is 16.6 Å². The van der Waals surface area contributed by atoms with Gasteiger partial charge in [-0.15, -0.1) is 0 Å². The van der Waals surface area contributed by atoms with Gasteiger partial charge in [-0.3, -0.25) is 9.36 Å². The van der Waals surface area contributed by atoms with Crippen molar-refractivity contribution in [2.45, 2.75) is 25.5 Å². The summed E-state index contributed by atoms with van der Waals surface area (Å²) < 4.78 is 28.8. The summed E-state index contributed by atoms with van der Waals surface area (Å²) in [6.45, 7) is 5.20. The molecule has 0 bridgehead atoms. The second-order valence-corrected chi connectivity index (χ2v) is 7.29. The zero-order valence-electron chi connectivity index (χ0n) is 13.5. The normalized spacial score (nSPS) is 11.9. The van der Waals surface area contributed by atoms with Gasteiger partial charge in [-0.2, -0.15) is 12.6 Å². The van der Waals surface area contributed by atoms with Crippen molar-refractivity contribution >= 4 is 23.5 Å². The molecule has 3 nitrogen and oxygen atoms in total. The Balaban J connectivity index is 2.57. The summed E-state index contributed by atoms with van der Waals surface area (Å²) in [5.41, 5.74) is 0.223. The topological polar surface area (TPSA) is 34.9 Å². The summed E-state index contributed by atoms with van der Waals surface area (Å²) >= 11 is 4.46. The molecule has 0 saturated carbocycles. The lowest BCUT2D eigenvalue weighted by Crippen LogP contribution is -2.31. The van der Waals surface area contributed by atoms with E-state index < -0.39 is 27.6 Å². The van der Waals surface area contributed by atoms with E-state index in [9.17, 15) is 13.6 Å². The minimum atomic E-state index is -0.883. The van der Waals surface area contributed by atoms with Crippen LogP contribution in [0.4, 0.5) is 8.78 Å². The van der Waals surface area contributed by atoms with Crippen LogP contribution in [0.2, 0.25) is 0 Å². The molecular weight excluding hydrogens is 330 g/mol. The predicted octanol–water partition coefficient (Wildman–Crippen LogP) is 4.14. The highest BCUT2D eigenvalue weighted by Gasteiger charge is 2.27. The van der Waals surface area contributed by atoms with Crippen LogP contribution in [0.3, 0.4) is 0 Å². The number of para-hydroxylation sites is 1. The fourth-order valence-corrected chi connectivity index (χ4v) is 2.87. The Morgan fingerprint density at radius 1 is 1.08 bits per heavy atom. The Hall–Kier alpha value is -2.21. The SMILES string of the molecule is Cc1cccc2nc(C(C)(C)S)n(-c3c(F)cccc3F)c(=O)c12. The molecule has 0 N–H and O–H groups in total. The molecule has 0 fully saturated rings. The van der Waals surface area contributed by atoms with E-state index >= 15 is 0 Å². The molecule has 0 unspecified atom stereocenters. The van der Waals surface area contributed by atoms with Crippen molar-refractivity contribution < 1.29 is 8.78 Å². The molecule has 0 saturated heterocycles. The van der Waals surface area contributed by atoms with Crippen LogP contribution in [0.5, 0.6) is 0 Å². The number of fused-ring (bicyclic) bond motifs is 1. The van der Waals surface area contributed by atoms with Gasteiger partial charge >= 0.3 is 0 Å². The van der Waals surface area contributed by atoms with Gasteiger partial charge in [0, 0.05) is 0 Å². The molecule has 1 aromatic heterocycles. The maximum atomic E-state index is 14.3. The third-order valence-corrected chi connectivity index (χ3v) is 4.01. The minimum absolute atomic E-state index is 0.179. The van der Waals surface area contributed by atoms with Crippen molar-refractivity contribution in [2.75, 3.05) is 0 Å². The lowest BCUT2D eigenvalue weighted by Gasteiger charge is -2.23. The highest BCUT2D eigenvalue weighted by Crippen LogP contribution is 2.29. The van der Waals surface area contributed by atoms with Gasteiger partial charge in [0.1, 0.15) is 23.1 Å². The molecule has 0 aliphatic carbocycles. The molecule has 0 atom stereocenters. The van der Waals surface area contributed by atoms with Crippen LogP contribution in [-0.4, -0.2) is 9.55 Å². The summed E-state index contributed by atoms with van der Waals surface area (Å²) in [5, 5.41) is 0.335. The monoisotopic (exact) mass is 346 g/mol. The minimum Gasteiger partial charge on any atom is -0.268 e. The van der Waals surface area contributed by atoms with E-state index in [2.05, 4.69) is 17.6 Å². The van der Waals surface area contributed by atoms with E-state index in [-0.39, 0.29) is 5.82 Å². The van der Waals surface area contributed by atoms with Gasteiger partial charge in [0.15, 0.2) is 0 Å². The third kappa shape index (κ3) is 2.60. The first-order valence-electron chi connectivity index (χ1n) is 7.41. The summed E-state index contributed by atoms with van der Waals surface area (Å²) in [7, 11) is 0. The van der Waals surface area contributed by atoms with Gasteiger partial charge in [0.05, 0.1) is 15.6 Å². The highest BCUT2D eigenvalue weighted by atomic mass is 32.1. The molecule has 6 heteroatoms. The Labute approximate surface area is 143 Å². The van der Waals surface area contributed by atoms with E-state index in [0.29, 0.717) is 16.5 Å². The van der Waals surface area contributed by atoms with Crippen LogP contribution in [0.1, 0.15) is 25.2 Å². The number of nitrogens with zero attached hydrogens (tertiary/aromatic N) is 2. The second-order valence-electron chi connectivity index (χ2n) is 6.17. The average Bonchev–Trinajstić information content (AvgIpc) is 2.47. The fraction of sp³-hybridized carbons (Fsp3) is 0.222. The molecule has 0 amide bonds. The molecule has 3 rings (SSSR count). The number of aryl methyl sites for hydroxylation is 1. The zero-order chi connectivity index (χ0) is 17.6. The Morgan fingerprint density at radius 3 is 2.25 bits per heavy atom. The van der Waals surface area contributed by atoms with Crippen LogP contribution in [-0.2, 0) is 4.75 Å². The summed E-state index contributed by atoms with van der Waals surface area (Å²) in [5.74, 6) is -1.48. The van der Waals surface area contributed by atoms with Gasteiger partial charge in [-0.1, -0.05) is 18.2 Å². The Bertz CT molecular complexity index is 986. The number of hydrogen-bond donors (Lipinski definition) is 1. The van der Waals surface area contributed by atoms with Crippen LogP contribution in [0, 0.1) is 18.6 Å². The maximum Gasteiger partial charge on any atom is 0.266 e. The third-order valence-electron chi connectivity index (χ3n) is 3.81. The highest BCUT2D eigenvalue weighted by molar-refractivity contribution is 7.81. The van der Waals surface area contributed by atoms with E-state index in [0.717, 1.165) is 16.7 Å². The molecule has 2 aromatic carbocycles. The molecule has 0 radical (unpaired) electrons. The first-order valence-corrected chi connectivity index (χ1v) is 7.86. The number of rotatable bonds is 2. The summed E-state index contributed by atoms with van der Waals surface area (Å²) in [4.78, 5) is 17.6. The molecule has 1 heterocycles. The fourth-order valence-electron chi connectivity index (χ4n) is 2.72. The smallest absolute Gasteiger partial charge is 0.266 e. The van der Waals surface area contributed by atoms with Crippen molar-refractivity contribution in [1.29, 1.82) is 0 Å². The van der Waals surface area contributed by atoms with E-state index in [4.69, 9.17) is 0 Å². The number of thiol groups is 1. The molecule has 24 heavy (non-hydrogen) atoms. The van der Waals surface area contributed by atoms with Crippen LogP contribution >= 0.6 is 12.6 Å². The summed E-state index contributed by atoms with van der Waals surface area (Å²) in [6, 6.07) is 8.73. The van der Waals surface area contributed by atoms with E-state index in [1.54, 1.807) is 39.0 Å². The Kier molecular flexibility index (Phi) is 3.95. The van der Waals surface area contributed by atoms with Crippen molar-refractivity contribution in [3.63, 3.8) is 0 Å². The van der Waals surface area contributed by atoms with Crippen LogP contribution in [0.15, 0.2) is 41.2 Å². The molecule has 0 spiro atoms. The number of benzene rings is 2. The molecular formula is C18H16F2N2OS. The summed E-state index contributed by atoms with van der Waals surface area (Å²) in [6.07, 6.45) is 0. The van der Waals surface area contributed by atoms with Crippen LogP contribution < -0.4 is 5.56 Å². The lowest BCUT2D eigenvalue weighted by molar-refractivity contribution is 0.553. The predicted molar refractivity (Wildman–Crippen MR) is 94.0 cm³/mol. The van der Waals surface area contributed by atoms with E-state index in [1.165, 1.54) is 6.07 Å². The van der Waals surface area contributed by atoms with Gasteiger partial charge in [0.25, 0.3) is 5.56 Å². The van der Waals surface area contributed by atoms with Gasteiger partial charge in [-0.25, -0.2) is 13.8 Å². The van der Waals surface area contributed by atoms with Gasteiger partial charge < -0.3 is 0 Å². The quantitative estimate of drug-likeness (QED) is 0.708. The van der Waals surface area contributed by atoms with Crippen molar-refractivity contribution in [3.05, 3.63) is 69.8 Å². The van der Waals surface area contributed by atoms with Gasteiger partial charge in [0.2, 0.25) is 0 Å². The maximum absolute atomic E-state index is 14.3. The zero-order valence-corrected chi connectivity index (χ0v) is 14.4. The molecule has 0 aliphatic heterocycles. The molecule has 124 valence electrons. The van der Waals surface area contributed by atoms with Crippen molar-refractivity contribution in [1.82, 2.24) is 9.55 Å². The first-order chi connectivity index (χ1) is 11.2. The number of aromatic nitrogens is 2. The van der Waals surface area contributed by atoms with E-state index in [1.807, 2.05) is 0 Å². The first kappa shape index (κ1) is 16.6. The average molecular weight is 346 g/mol. The van der Waals surface area contributed by atoms with Crippen molar-refractivity contribution in [3.8, 4) is 5.69 Å². The number of hydrogen-bond acceptors (Lipinski definition) is 3. The van der Waals surface area contributed by atoms with Crippen molar-refractivity contribution in [2.24, 2.45) is 0 Å². The standard InChI is InChI=1S/C18H16F2N2OS/c1-10-6-4-9-13-14(10)16(23)22(17(21-13)18(2,3)24)15-11(19)7-5-8-12(15)20/h4-9,24H,1-3H3. The van der Waals surface area contributed by atoms with Gasteiger partial charge in [-0.05, 0) is 44.5 Å².